The van der Waals surface area contributed by atoms with Gasteiger partial charge in [-0.25, -0.2) is 4.98 Å². The molecule has 6 nitrogen and oxygen atoms in total. The van der Waals surface area contributed by atoms with Crippen molar-refractivity contribution in [3.8, 4) is 34.3 Å². The van der Waals surface area contributed by atoms with Crippen molar-refractivity contribution in [2.24, 2.45) is 0 Å². The molecule has 0 atom stereocenters. The number of aromatic nitrogens is 1. The number of phenolic OH excluding ortho intramolecular Hbond substituents is 1. The van der Waals surface area contributed by atoms with Crippen LogP contribution in [0.4, 0.5) is 0 Å². The van der Waals surface area contributed by atoms with Crippen LogP contribution in [-0.2, 0) is 0 Å². The van der Waals surface area contributed by atoms with Crippen LogP contribution in [0.15, 0.2) is 36.4 Å². The van der Waals surface area contributed by atoms with E-state index in [9.17, 15) is 9.90 Å². The number of pyridine rings is 1. The Morgan fingerprint density at radius 3 is 2.38 bits per heavy atom. The lowest BCUT2D eigenvalue weighted by atomic mass is 10.0. The number of Topliss-reactive ketones (excluding diaryl/α,β-unsaturated/α-hetero) is 1. The number of ketones is 1. The molecule has 0 saturated heterocycles. The van der Waals surface area contributed by atoms with Gasteiger partial charge in [0.05, 0.1) is 32.5 Å². The number of hydrogen-bond acceptors (Lipinski definition) is 6. The molecule has 0 aliphatic heterocycles. The maximum Gasteiger partial charge on any atom is 0.203 e. The first-order chi connectivity index (χ1) is 12.5. The van der Waals surface area contributed by atoms with Crippen LogP contribution in [0.3, 0.4) is 0 Å². The van der Waals surface area contributed by atoms with E-state index in [-0.39, 0.29) is 17.3 Å². The van der Waals surface area contributed by atoms with Crippen LogP contribution in [0.2, 0.25) is 0 Å². The van der Waals surface area contributed by atoms with Crippen molar-refractivity contribution < 1.29 is 24.1 Å². The number of phenols is 1. The minimum absolute atomic E-state index is 0.0668. The number of nitrogens with zero attached hydrogens (tertiary/aromatic N) is 1. The summed E-state index contributed by atoms with van der Waals surface area (Å²) in [7, 11) is 4.51. The van der Waals surface area contributed by atoms with Crippen LogP contribution in [0.1, 0.15) is 17.3 Å². The van der Waals surface area contributed by atoms with Gasteiger partial charge in [-0.1, -0.05) is 0 Å². The van der Waals surface area contributed by atoms with Gasteiger partial charge in [0, 0.05) is 16.5 Å². The molecule has 6 heteroatoms. The standard InChI is InChI=1S/C20H19NO5/c1-11(22)14-10-17(21-16-6-5-13(24-2)9-15(14)16)12-7-18(23)20(26-4)19(8-12)25-3/h5-10,23H,1-4H3. The summed E-state index contributed by atoms with van der Waals surface area (Å²) in [5.74, 6) is 1.12. The van der Waals surface area contributed by atoms with E-state index in [1.54, 1.807) is 37.4 Å². The van der Waals surface area contributed by atoms with Gasteiger partial charge in [0.15, 0.2) is 17.3 Å². The SMILES string of the molecule is COc1ccc2nc(-c3cc(O)c(OC)c(OC)c3)cc(C(C)=O)c2c1. The second kappa shape index (κ2) is 6.92. The van der Waals surface area contributed by atoms with Crippen molar-refractivity contribution in [1.82, 2.24) is 4.98 Å². The largest absolute Gasteiger partial charge is 0.504 e. The van der Waals surface area contributed by atoms with Crippen LogP contribution < -0.4 is 14.2 Å². The Bertz CT molecular complexity index is 997. The van der Waals surface area contributed by atoms with E-state index in [2.05, 4.69) is 4.98 Å². The van der Waals surface area contributed by atoms with Crippen LogP contribution in [0.25, 0.3) is 22.2 Å². The highest BCUT2D eigenvalue weighted by atomic mass is 16.5. The summed E-state index contributed by atoms with van der Waals surface area (Å²) >= 11 is 0. The van der Waals surface area contributed by atoms with Gasteiger partial charge in [-0.2, -0.15) is 0 Å². The predicted octanol–water partition coefficient (Wildman–Crippen LogP) is 3.84. The van der Waals surface area contributed by atoms with Crippen LogP contribution in [0.5, 0.6) is 23.0 Å². The summed E-state index contributed by atoms with van der Waals surface area (Å²) in [5, 5.41) is 10.9. The second-order valence-corrected chi connectivity index (χ2v) is 5.73. The number of carbonyl (C=O) groups excluding carboxylic acids is 1. The van der Waals surface area contributed by atoms with E-state index in [1.807, 2.05) is 0 Å². The third kappa shape index (κ3) is 3.01. The van der Waals surface area contributed by atoms with Gasteiger partial charge in [0.1, 0.15) is 5.75 Å². The molecule has 3 rings (SSSR count). The first kappa shape index (κ1) is 17.5. The highest BCUT2D eigenvalue weighted by Crippen LogP contribution is 2.40. The molecular weight excluding hydrogens is 334 g/mol. The zero-order chi connectivity index (χ0) is 18.8. The monoisotopic (exact) mass is 353 g/mol. The number of methoxy groups -OCH3 is 3. The average molecular weight is 353 g/mol. The molecule has 0 radical (unpaired) electrons. The van der Waals surface area contributed by atoms with Gasteiger partial charge < -0.3 is 19.3 Å². The van der Waals surface area contributed by atoms with Crippen molar-refractivity contribution >= 4 is 16.7 Å². The average Bonchev–Trinajstić information content (AvgIpc) is 2.65. The molecule has 0 bridgehead atoms. The molecule has 2 aromatic carbocycles. The van der Waals surface area contributed by atoms with E-state index in [0.29, 0.717) is 39.2 Å². The van der Waals surface area contributed by atoms with Crippen molar-refractivity contribution in [2.75, 3.05) is 21.3 Å². The first-order valence-corrected chi connectivity index (χ1v) is 7.93. The normalized spacial score (nSPS) is 10.6. The fraction of sp³-hybridized carbons (Fsp3) is 0.200. The Kier molecular flexibility index (Phi) is 4.67. The third-order valence-electron chi connectivity index (χ3n) is 4.15. The number of fused-ring (bicyclic) bond motifs is 1. The summed E-state index contributed by atoms with van der Waals surface area (Å²) in [5.41, 5.74) is 2.34. The lowest BCUT2D eigenvalue weighted by molar-refractivity contribution is 0.101. The second-order valence-electron chi connectivity index (χ2n) is 5.73. The molecule has 1 aromatic heterocycles. The molecule has 0 fully saturated rings. The zero-order valence-corrected chi connectivity index (χ0v) is 15.0. The van der Waals surface area contributed by atoms with Gasteiger partial charge in [0.25, 0.3) is 0 Å². The lowest BCUT2D eigenvalue weighted by Crippen LogP contribution is -1.99. The minimum Gasteiger partial charge on any atom is -0.504 e. The highest BCUT2D eigenvalue weighted by Gasteiger charge is 2.16. The molecule has 0 unspecified atom stereocenters. The van der Waals surface area contributed by atoms with Crippen molar-refractivity contribution in [3.63, 3.8) is 0 Å². The number of aromatic hydroxyl groups is 1. The number of rotatable bonds is 5. The van der Waals surface area contributed by atoms with E-state index in [1.165, 1.54) is 27.2 Å². The van der Waals surface area contributed by atoms with Crippen molar-refractivity contribution in [1.29, 1.82) is 0 Å². The summed E-state index contributed by atoms with van der Waals surface area (Å²) in [6.45, 7) is 1.50. The fourth-order valence-corrected chi connectivity index (χ4v) is 2.86. The summed E-state index contributed by atoms with van der Waals surface area (Å²) in [6.07, 6.45) is 0. The number of hydrogen-bond donors (Lipinski definition) is 1. The molecule has 0 aliphatic carbocycles. The molecule has 0 spiro atoms. The minimum atomic E-state index is -0.0865. The number of carbonyl (C=O) groups is 1. The van der Waals surface area contributed by atoms with Crippen LogP contribution in [-0.4, -0.2) is 37.2 Å². The Morgan fingerprint density at radius 2 is 1.77 bits per heavy atom. The Balaban J connectivity index is 2.26. The maximum atomic E-state index is 12.2. The highest BCUT2D eigenvalue weighted by molar-refractivity contribution is 6.07. The Hall–Kier alpha value is -3.28. The molecule has 0 aliphatic rings. The molecule has 1 N–H and O–H groups in total. The zero-order valence-electron chi connectivity index (χ0n) is 15.0. The first-order valence-electron chi connectivity index (χ1n) is 7.93. The molecule has 26 heavy (non-hydrogen) atoms. The van der Waals surface area contributed by atoms with E-state index < -0.39 is 0 Å². The quantitative estimate of drug-likeness (QED) is 0.702. The molecule has 3 aromatic rings. The summed E-state index contributed by atoms with van der Waals surface area (Å²) < 4.78 is 15.7. The Labute approximate surface area is 151 Å². The van der Waals surface area contributed by atoms with Gasteiger partial charge in [-0.15, -0.1) is 0 Å². The lowest BCUT2D eigenvalue weighted by Gasteiger charge is -2.13. The van der Waals surface area contributed by atoms with Crippen LogP contribution in [0, 0.1) is 0 Å². The topological polar surface area (TPSA) is 77.9 Å². The van der Waals surface area contributed by atoms with E-state index >= 15 is 0 Å². The number of benzene rings is 2. The van der Waals surface area contributed by atoms with Crippen LogP contribution >= 0.6 is 0 Å². The Morgan fingerprint density at radius 1 is 1.00 bits per heavy atom. The smallest absolute Gasteiger partial charge is 0.203 e. The van der Waals surface area contributed by atoms with Gasteiger partial charge in [0.2, 0.25) is 5.75 Å². The maximum absolute atomic E-state index is 12.2. The number of ether oxygens (including phenoxy) is 3. The molecular formula is C20H19NO5. The molecule has 0 amide bonds. The molecule has 1 heterocycles. The van der Waals surface area contributed by atoms with Gasteiger partial charge >= 0.3 is 0 Å². The van der Waals surface area contributed by atoms with Gasteiger partial charge in [-0.3, -0.25) is 4.79 Å². The van der Waals surface area contributed by atoms with Crippen molar-refractivity contribution in [3.05, 3.63) is 42.0 Å². The predicted molar refractivity (Wildman–Crippen MR) is 98.5 cm³/mol. The summed E-state index contributed by atoms with van der Waals surface area (Å²) in [6, 6.07) is 10.3. The van der Waals surface area contributed by atoms with Crippen molar-refractivity contribution in [2.45, 2.75) is 6.92 Å². The molecule has 134 valence electrons. The molecule has 0 saturated carbocycles. The summed E-state index contributed by atoms with van der Waals surface area (Å²) in [4.78, 5) is 16.8. The third-order valence-corrected chi connectivity index (χ3v) is 4.15. The fourth-order valence-electron chi connectivity index (χ4n) is 2.86. The van der Waals surface area contributed by atoms with E-state index in [0.717, 1.165) is 0 Å². The van der Waals surface area contributed by atoms with Gasteiger partial charge in [-0.05, 0) is 43.3 Å². The van der Waals surface area contributed by atoms with E-state index in [4.69, 9.17) is 14.2 Å².